The zero-order valence-electron chi connectivity index (χ0n) is 8.26. The number of halogens is 2. The normalized spacial score (nSPS) is 10.4. The third kappa shape index (κ3) is 3.19. The molecule has 3 nitrogen and oxygen atoms in total. The summed E-state index contributed by atoms with van der Waals surface area (Å²) in [5.41, 5.74) is 6.54. The molecule has 0 fully saturated rings. The number of nitrogens with two attached hydrogens (primary N) is 1. The molecule has 0 amide bonds. The first-order valence-corrected chi connectivity index (χ1v) is 4.36. The second kappa shape index (κ2) is 4.72. The second-order valence-electron chi connectivity index (χ2n) is 3.12. The Balaban J connectivity index is 2.91. The minimum atomic E-state index is -2.54. The van der Waals surface area contributed by atoms with Crippen molar-refractivity contribution in [1.82, 2.24) is 0 Å². The maximum Gasteiger partial charge on any atom is 0.272 e. The van der Waals surface area contributed by atoms with Crippen molar-refractivity contribution in [3.63, 3.8) is 0 Å². The topological polar surface area (TPSA) is 59.1 Å². The maximum atomic E-state index is 11.9. The first kappa shape index (κ1) is 11.4. The van der Waals surface area contributed by atoms with Gasteiger partial charge in [0.05, 0.1) is 5.56 Å². The van der Waals surface area contributed by atoms with Gasteiger partial charge in [-0.2, -0.15) is 0 Å². The van der Waals surface area contributed by atoms with Crippen LogP contribution in [0.15, 0.2) is 18.2 Å². The van der Waals surface area contributed by atoms with Crippen LogP contribution in [0, 0.1) is 12.3 Å². The first-order chi connectivity index (χ1) is 7.00. The monoisotopic (exact) mass is 214 g/mol. The zero-order valence-corrected chi connectivity index (χ0v) is 8.26. The largest absolute Gasteiger partial charge is 0.487 e. The summed E-state index contributed by atoms with van der Waals surface area (Å²) in [7, 11) is 0. The summed E-state index contributed by atoms with van der Waals surface area (Å²) in [6, 6.07) is 4.88. The van der Waals surface area contributed by atoms with E-state index in [1.54, 1.807) is 12.1 Å². The summed E-state index contributed by atoms with van der Waals surface area (Å²) < 4.78 is 28.7. The predicted octanol–water partition coefficient (Wildman–Crippen LogP) is 1.92. The van der Waals surface area contributed by atoms with Gasteiger partial charge < -0.3 is 10.5 Å². The van der Waals surface area contributed by atoms with Crippen molar-refractivity contribution >= 4 is 5.84 Å². The number of nitrogen functional groups attached to an aromatic ring is 1. The second-order valence-corrected chi connectivity index (χ2v) is 3.12. The van der Waals surface area contributed by atoms with E-state index in [0.717, 1.165) is 5.56 Å². The molecule has 0 aromatic heterocycles. The van der Waals surface area contributed by atoms with Crippen LogP contribution in [-0.2, 0) is 0 Å². The molecule has 0 aliphatic heterocycles. The molecule has 15 heavy (non-hydrogen) atoms. The highest BCUT2D eigenvalue weighted by molar-refractivity contribution is 5.97. The van der Waals surface area contributed by atoms with Crippen molar-refractivity contribution in [2.24, 2.45) is 5.73 Å². The van der Waals surface area contributed by atoms with E-state index in [4.69, 9.17) is 15.9 Å². The molecule has 1 aromatic rings. The van der Waals surface area contributed by atoms with E-state index >= 15 is 0 Å². The summed E-state index contributed by atoms with van der Waals surface area (Å²) >= 11 is 0. The van der Waals surface area contributed by atoms with Crippen molar-refractivity contribution in [2.45, 2.75) is 13.3 Å². The third-order valence-corrected chi connectivity index (χ3v) is 1.79. The van der Waals surface area contributed by atoms with Crippen molar-refractivity contribution in [3.8, 4) is 5.75 Å². The van der Waals surface area contributed by atoms with Crippen molar-refractivity contribution < 1.29 is 13.5 Å². The summed E-state index contributed by atoms with van der Waals surface area (Å²) in [6.07, 6.45) is -2.54. The molecule has 0 aliphatic carbocycles. The van der Waals surface area contributed by atoms with E-state index in [0.29, 0.717) is 5.56 Å². The maximum absolute atomic E-state index is 11.9. The number of rotatable bonds is 4. The van der Waals surface area contributed by atoms with Crippen LogP contribution in [0.25, 0.3) is 0 Å². The van der Waals surface area contributed by atoms with Crippen LogP contribution in [0.3, 0.4) is 0 Å². The molecule has 0 spiro atoms. The smallest absolute Gasteiger partial charge is 0.272 e. The van der Waals surface area contributed by atoms with Gasteiger partial charge in [-0.05, 0) is 19.1 Å². The number of ether oxygens (including phenoxy) is 1. The predicted molar refractivity (Wildman–Crippen MR) is 53.7 cm³/mol. The van der Waals surface area contributed by atoms with Gasteiger partial charge in [0, 0.05) is 0 Å². The summed E-state index contributed by atoms with van der Waals surface area (Å²) in [5, 5.41) is 7.27. The molecule has 5 heteroatoms. The molecule has 0 saturated carbocycles. The Hall–Kier alpha value is -1.65. The molecule has 82 valence electrons. The molecular weight excluding hydrogens is 202 g/mol. The standard InChI is InChI=1S/C10H12F2N2O/c1-6-2-3-8(15-5-9(11)12)7(4-6)10(13)14/h2-4,9H,5H2,1H3,(H3,13,14). The van der Waals surface area contributed by atoms with E-state index < -0.39 is 13.0 Å². The molecule has 0 aliphatic rings. The Labute approximate surface area is 86.4 Å². The lowest BCUT2D eigenvalue weighted by Gasteiger charge is -2.10. The molecular formula is C10H12F2N2O. The van der Waals surface area contributed by atoms with Gasteiger partial charge in [-0.25, -0.2) is 8.78 Å². The highest BCUT2D eigenvalue weighted by Crippen LogP contribution is 2.19. The summed E-state index contributed by atoms with van der Waals surface area (Å²) in [6.45, 7) is 1.13. The Morgan fingerprint density at radius 3 is 2.73 bits per heavy atom. The van der Waals surface area contributed by atoms with Crippen LogP contribution >= 0.6 is 0 Å². The summed E-state index contributed by atoms with van der Waals surface area (Å²) in [5.74, 6) is 0.0244. The van der Waals surface area contributed by atoms with Crippen molar-refractivity contribution in [2.75, 3.05) is 6.61 Å². The van der Waals surface area contributed by atoms with Gasteiger partial charge in [-0.3, -0.25) is 5.41 Å². The Morgan fingerprint density at radius 2 is 2.20 bits per heavy atom. The molecule has 0 radical (unpaired) electrons. The van der Waals surface area contributed by atoms with E-state index in [1.165, 1.54) is 6.07 Å². The van der Waals surface area contributed by atoms with Gasteiger partial charge in [0.25, 0.3) is 6.43 Å². The molecule has 1 aromatic carbocycles. The van der Waals surface area contributed by atoms with Crippen LogP contribution in [0.5, 0.6) is 5.75 Å². The fourth-order valence-electron chi connectivity index (χ4n) is 1.13. The van der Waals surface area contributed by atoms with E-state index in [-0.39, 0.29) is 11.6 Å². The quantitative estimate of drug-likeness (QED) is 0.594. The van der Waals surface area contributed by atoms with E-state index in [9.17, 15) is 8.78 Å². The van der Waals surface area contributed by atoms with Crippen molar-refractivity contribution in [1.29, 1.82) is 5.41 Å². The number of nitrogens with one attached hydrogen (secondary N) is 1. The summed E-state index contributed by atoms with van der Waals surface area (Å²) in [4.78, 5) is 0. The molecule has 3 N–H and O–H groups in total. The zero-order chi connectivity index (χ0) is 11.4. The Bertz CT molecular complexity index is 366. The Kier molecular flexibility index (Phi) is 3.60. The lowest BCUT2D eigenvalue weighted by atomic mass is 10.1. The van der Waals surface area contributed by atoms with Gasteiger partial charge in [-0.1, -0.05) is 11.6 Å². The average molecular weight is 214 g/mol. The third-order valence-electron chi connectivity index (χ3n) is 1.79. The molecule has 0 saturated heterocycles. The van der Waals surface area contributed by atoms with Crippen LogP contribution in [0.1, 0.15) is 11.1 Å². The van der Waals surface area contributed by atoms with Crippen molar-refractivity contribution in [3.05, 3.63) is 29.3 Å². The molecule has 1 rings (SSSR count). The lowest BCUT2D eigenvalue weighted by Crippen LogP contribution is -2.15. The fourth-order valence-corrected chi connectivity index (χ4v) is 1.13. The van der Waals surface area contributed by atoms with Gasteiger partial charge in [0.2, 0.25) is 0 Å². The molecule has 0 heterocycles. The number of benzene rings is 1. The fraction of sp³-hybridized carbons (Fsp3) is 0.300. The SMILES string of the molecule is Cc1ccc(OCC(F)F)c(C(=N)N)c1. The highest BCUT2D eigenvalue weighted by atomic mass is 19.3. The van der Waals surface area contributed by atoms with Gasteiger partial charge in [0.15, 0.2) is 0 Å². The number of alkyl halides is 2. The minimum Gasteiger partial charge on any atom is -0.487 e. The average Bonchev–Trinajstić information content (AvgIpc) is 2.15. The van der Waals surface area contributed by atoms with Gasteiger partial charge >= 0.3 is 0 Å². The lowest BCUT2D eigenvalue weighted by molar-refractivity contribution is 0.0818. The van der Waals surface area contributed by atoms with Gasteiger partial charge in [-0.15, -0.1) is 0 Å². The molecule has 0 bridgehead atoms. The van der Waals surface area contributed by atoms with Crippen LogP contribution < -0.4 is 10.5 Å². The molecule has 0 unspecified atom stereocenters. The highest BCUT2D eigenvalue weighted by Gasteiger charge is 2.09. The number of hydrogen-bond donors (Lipinski definition) is 2. The van der Waals surface area contributed by atoms with Gasteiger partial charge in [0.1, 0.15) is 18.2 Å². The number of hydrogen-bond acceptors (Lipinski definition) is 2. The number of amidine groups is 1. The van der Waals surface area contributed by atoms with Crippen LogP contribution in [-0.4, -0.2) is 18.9 Å². The van der Waals surface area contributed by atoms with E-state index in [2.05, 4.69) is 0 Å². The van der Waals surface area contributed by atoms with E-state index in [1.807, 2.05) is 6.92 Å². The Morgan fingerprint density at radius 1 is 1.53 bits per heavy atom. The molecule has 0 atom stereocenters. The van der Waals surface area contributed by atoms with Crippen LogP contribution in [0.2, 0.25) is 0 Å². The minimum absolute atomic E-state index is 0.192. The number of aryl methyl sites for hydroxylation is 1. The van der Waals surface area contributed by atoms with Crippen LogP contribution in [0.4, 0.5) is 8.78 Å². The first-order valence-electron chi connectivity index (χ1n) is 4.36.